The smallest absolute Gasteiger partial charge is 0.232 e. The van der Waals surface area contributed by atoms with Crippen LogP contribution in [0.4, 0.5) is 0 Å². The average Bonchev–Trinajstić information content (AvgIpc) is 3.19. The van der Waals surface area contributed by atoms with Crippen LogP contribution in [0, 0.1) is 5.92 Å². The van der Waals surface area contributed by atoms with Gasteiger partial charge in [0, 0.05) is 50.7 Å². The molecule has 24 heavy (non-hydrogen) atoms. The molecule has 0 aliphatic carbocycles. The second-order valence-corrected chi connectivity index (χ2v) is 7.73. The fourth-order valence-corrected chi connectivity index (χ4v) is 3.30. The van der Waals surface area contributed by atoms with E-state index in [1.165, 1.54) is 5.56 Å². The molecule has 1 fully saturated rings. The maximum absolute atomic E-state index is 5.43. The van der Waals surface area contributed by atoms with Gasteiger partial charge >= 0.3 is 0 Å². The number of likely N-dealkylation sites (tertiary alicyclic amines) is 1. The van der Waals surface area contributed by atoms with Crippen molar-refractivity contribution in [2.24, 2.45) is 13.0 Å². The molecule has 1 aliphatic rings. The summed E-state index contributed by atoms with van der Waals surface area (Å²) >= 11 is 0. The first-order valence-electron chi connectivity index (χ1n) is 8.39. The van der Waals surface area contributed by atoms with E-state index in [1.54, 1.807) is 7.11 Å². The third-order valence-corrected chi connectivity index (χ3v) is 4.53. The van der Waals surface area contributed by atoms with Gasteiger partial charge in [-0.2, -0.15) is 10.1 Å². The Labute approximate surface area is 143 Å². The van der Waals surface area contributed by atoms with Crippen molar-refractivity contribution in [3.05, 3.63) is 29.7 Å². The van der Waals surface area contributed by atoms with Crippen molar-refractivity contribution in [3.63, 3.8) is 0 Å². The van der Waals surface area contributed by atoms with Crippen molar-refractivity contribution in [3.8, 4) is 0 Å². The molecule has 2 aromatic rings. The molecule has 1 aliphatic heterocycles. The zero-order valence-corrected chi connectivity index (χ0v) is 15.2. The molecule has 0 bridgehead atoms. The predicted octanol–water partition coefficient (Wildman–Crippen LogP) is 1.96. The van der Waals surface area contributed by atoms with Crippen LogP contribution in [0.2, 0.25) is 0 Å². The summed E-state index contributed by atoms with van der Waals surface area (Å²) < 4.78 is 12.7. The highest BCUT2D eigenvalue weighted by atomic mass is 16.5. The summed E-state index contributed by atoms with van der Waals surface area (Å²) in [6.07, 6.45) is 4.06. The number of aromatic nitrogens is 4. The first-order chi connectivity index (χ1) is 11.4. The Balaban J connectivity index is 1.70. The molecule has 0 amide bonds. The van der Waals surface area contributed by atoms with Gasteiger partial charge in [0.2, 0.25) is 5.89 Å². The molecule has 7 nitrogen and oxygen atoms in total. The van der Waals surface area contributed by atoms with Crippen LogP contribution in [0.25, 0.3) is 0 Å². The van der Waals surface area contributed by atoms with E-state index in [0.29, 0.717) is 24.3 Å². The quantitative estimate of drug-likeness (QED) is 0.833. The molecule has 0 unspecified atom stereocenters. The summed E-state index contributed by atoms with van der Waals surface area (Å²) in [4.78, 5) is 6.92. The number of hydrogen-bond donors (Lipinski definition) is 0. The number of ether oxygens (including phenoxy) is 1. The Kier molecular flexibility index (Phi) is 4.73. The van der Waals surface area contributed by atoms with Crippen LogP contribution in [0.3, 0.4) is 0 Å². The van der Waals surface area contributed by atoms with E-state index in [2.05, 4.69) is 47.1 Å². The van der Waals surface area contributed by atoms with Crippen LogP contribution in [-0.2, 0) is 23.7 Å². The minimum atomic E-state index is -0.118. The lowest BCUT2D eigenvalue weighted by Gasteiger charge is -2.15. The van der Waals surface area contributed by atoms with Gasteiger partial charge in [-0.3, -0.25) is 9.58 Å². The monoisotopic (exact) mass is 333 g/mol. The van der Waals surface area contributed by atoms with Crippen molar-refractivity contribution in [2.75, 3.05) is 26.8 Å². The van der Waals surface area contributed by atoms with Gasteiger partial charge in [-0.05, 0) is 5.56 Å². The lowest BCUT2D eigenvalue weighted by molar-refractivity contribution is 0.147. The zero-order chi connectivity index (χ0) is 17.3. The predicted molar refractivity (Wildman–Crippen MR) is 89.6 cm³/mol. The molecule has 0 N–H and O–H groups in total. The van der Waals surface area contributed by atoms with Gasteiger partial charge in [-0.1, -0.05) is 25.9 Å². The molecule has 0 radical (unpaired) electrons. The highest BCUT2D eigenvalue weighted by Gasteiger charge is 2.35. The fraction of sp³-hybridized carbons (Fsp3) is 0.706. The van der Waals surface area contributed by atoms with Crippen molar-refractivity contribution in [1.82, 2.24) is 24.8 Å². The Hall–Kier alpha value is -1.73. The van der Waals surface area contributed by atoms with E-state index >= 15 is 0 Å². The normalized spacial score (nSPS) is 22.4. The summed E-state index contributed by atoms with van der Waals surface area (Å²) in [6.45, 7) is 9.60. The molecule has 0 spiro atoms. The molecule has 132 valence electrons. The molecule has 7 heteroatoms. The van der Waals surface area contributed by atoms with E-state index < -0.39 is 0 Å². The number of hydrogen-bond acceptors (Lipinski definition) is 6. The van der Waals surface area contributed by atoms with Crippen LogP contribution < -0.4 is 0 Å². The number of rotatable bonds is 5. The summed E-state index contributed by atoms with van der Waals surface area (Å²) in [5.41, 5.74) is 1.15. The van der Waals surface area contributed by atoms with Crippen molar-refractivity contribution in [2.45, 2.75) is 38.6 Å². The van der Waals surface area contributed by atoms with Gasteiger partial charge in [0.15, 0.2) is 5.82 Å². The largest absolute Gasteiger partial charge is 0.384 e. The molecule has 0 saturated carbocycles. The minimum Gasteiger partial charge on any atom is -0.384 e. The first kappa shape index (κ1) is 17.1. The second kappa shape index (κ2) is 6.64. The van der Waals surface area contributed by atoms with E-state index in [1.807, 2.05) is 17.9 Å². The van der Waals surface area contributed by atoms with Crippen LogP contribution in [-0.4, -0.2) is 51.6 Å². The minimum absolute atomic E-state index is 0.118. The first-order valence-corrected chi connectivity index (χ1v) is 8.39. The van der Waals surface area contributed by atoms with E-state index in [4.69, 9.17) is 9.26 Å². The zero-order valence-electron chi connectivity index (χ0n) is 15.2. The van der Waals surface area contributed by atoms with Crippen molar-refractivity contribution < 1.29 is 9.26 Å². The van der Waals surface area contributed by atoms with Crippen LogP contribution in [0.1, 0.15) is 44.0 Å². The summed E-state index contributed by atoms with van der Waals surface area (Å²) in [6, 6.07) is 0. The van der Waals surface area contributed by atoms with E-state index in [-0.39, 0.29) is 5.41 Å². The summed E-state index contributed by atoms with van der Waals surface area (Å²) in [5.74, 6) is 2.32. The highest BCUT2D eigenvalue weighted by molar-refractivity contribution is 5.16. The van der Waals surface area contributed by atoms with Gasteiger partial charge in [0.05, 0.1) is 19.3 Å². The third-order valence-electron chi connectivity index (χ3n) is 4.53. The van der Waals surface area contributed by atoms with Crippen molar-refractivity contribution >= 4 is 0 Å². The molecule has 2 atom stereocenters. The lowest BCUT2D eigenvalue weighted by atomic mass is 9.92. The van der Waals surface area contributed by atoms with Crippen LogP contribution in [0.5, 0.6) is 0 Å². The number of nitrogens with zero attached hydrogens (tertiary/aromatic N) is 5. The van der Waals surface area contributed by atoms with Gasteiger partial charge < -0.3 is 9.26 Å². The van der Waals surface area contributed by atoms with Crippen molar-refractivity contribution in [1.29, 1.82) is 0 Å². The molecule has 0 aromatic carbocycles. The third kappa shape index (κ3) is 3.67. The van der Waals surface area contributed by atoms with Gasteiger partial charge in [-0.25, -0.2) is 0 Å². The maximum Gasteiger partial charge on any atom is 0.232 e. The average molecular weight is 333 g/mol. The van der Waals surface area contributed by atoms with Gasteiger partial charge in [-0.15, -0.1) is 0 Å². The summed E-state index contributed by atoms with van der Waals surface area (Å²) in [7, 11) is 3.71. The SMILES string of the molecule is COC[C@@H]1CN(Cc2noc(C(C)(C)C)n2)C[C@H]1c1cnn(C)c1. The second-order valence-electron chi connectivity index (χ2n) is 7.73. The molecular formula is C17H27N5O2. The summed E-state index contributed by atoms with van der Waals surface area (Å²) in [5, 5.41) is 8.46. The Morgan fingerprint density at radius 2 is 2.12 bits per heavy atom. The van der Waals surface area contributed by atoms with E-state index in [9.17, 15) is 0 Å². The topological polar surface area (TPSA) is 69.2 Å². The molecule has 3 rings (SSSR count). The molecule has 3 heterocycles. The lowest BCUT2D eigenvalue weighted by Crippen LogP contribution is -2.22. The Morgan fingerprint density at radius 3 is 2.71 bits per heavy atom. The molecule has 1 saturated heterocycles. The number of methoxy groups -OCH3 is 1. The maximum atomic E-state index is 5.43. The highest BCUT2D eigenvalue weighted by Crippen LogP contribution is 2.33. The van der Waals surface area contributed by atoms with Crippen LogP contribution >= 0.6 is 0 Å². The molecule has 2 aromatic heterocycles. The van der Waals surface area contributed by atoms with Crippen LogP contribution in [0.15, 0.2) is 16.9 Å². The Bertz CT molecular complexity index is 673. The molecular weight excluding hydrogens is 306 g/mol. The fourth-order valence-electron chi connectivity index (χ4n) is 3.30. The standard InChI is InChI=1S/C17H27N5O2/c1-17(2,3)16-19-15(20-24-16)10-22-8-13(11-23-5)14(9-22)12-6-18-21(4)7-12/h6-7,13-14H,8-11H2,1-5H3/t13-,14-/m0/s1. The van der Waals surface area contributed by atoms with E-state index in [0.717, 1.165) is 25.5 Å². The van der Waals surface area contributed by atoms with Gasteiger partial charge in [0.1, 0.15) is 0 Å². The Morgan fingerprint density at radius 1 is 1.33 bits per heavy atom. The van der Waals surface area contributed by atoms with Gasteiger partial charge in [0.25, 0.3) is 0 Å². The number of aryl methyl sites for hydroxylation is 1.